The van der Waals surface area contributed by atoms with Crippen molar-refractivity contribution in [3.63, 3.8) is 0 Å². The fourth-order valence-corrected chi connectivity index (χ4v) is 1.10. The Balaban J connectivity index is 2.84. The number of hydrogen-bond donors (Lipinski definition) is 3. The summed E-state index contributed by atoms with van der Waals surface area (Å²) in [5.41, 5.74) is 5.53. The first-order valence-electron chi connectivity index (χ1n) is 4.78. The molecule has 9 heteroatoms. The van der Waals surface area contributed by atoms with Gasteiger partial charge in [-0.1, -0.05) is 6.92 Å². The minimum absolute atomic E-state index is 0.0172. The van der Waals surface area contributed by atoms with Gasteiger partial charge >= 0.3 is 0 Å². The highest BCUT2D eigenvalue weighted by molar-refractivity contribution is 7.80. The second-order valence-corrected chi connectivity index (χ2v) is 3.38. The third-order valence-electron chi connectivity index (χ3n) is 1.84. The van der Waals surface area contributed by atoms with Gasteiger partial charge in [-0.25, -0.2) is 0 Å². The number of nitrogens with zero attached hydrogens (tertiary/aromatic N) is 3. The third-order valence-corrected chi connectivity index (χ3v) is 2.22. The van der Waals surface area contributed by atoms with E-state index in [-0.39, 0.29) is 23.4 Å². The standard InChI is InChI=1S/C8H12N6O2S/c1-3-4(15)5(16)11-7-12-6(9)14(13-7)8(17)10-2/h3H2,1-2H3,(H,10,17)(H3,9,11,12,13,16). The number of thiocarbonyl (C=S) groups is 1. The Kier molecular flexibility index (Phi) is 4.10. The zero-order chi connectivity index (χ0) is 13.0. The van der Waals surface area contributed by atoms with E-state index in [0.717, 1.165) is 4.68 Å². The molecule has 1 heterocycles. The van der Waals surface area contributed by atoms with Gasteiger partial charge in [-0.2, -0.15) is 9.67 Å². The van der Waals surface area contributed by atoms with Gasteiger partial charge in [0.1, 0.15) is 0 Å². The van der Waals surface area contributed by atoms with Crippen molar-refractivity contribution in [2.45, 2.75) is 13.3 Å². The van der Waals surface area contributed by atoms with E-state index in [0.29, 0.717) is 0 Å². The van der Waals surface area contributed by atoms with Crippen molar-refractivity contribution in [2.24, 2.45) is 0 Å². The predicted molar refractivity (Wildman–Crippen MR) is 65.4 cm³/mol. The van der Waals surface area contributed by atoms with Gasteiger partial charge in [-0.05, 0) is 12.2 Å². The SMILES string of the molecule is CCC(=O)C(=O)Nc1nc(N)n(C(=S)NC)n1. The first-order chi connectivity index (χ1) is 7.99. The molecule has 0 spiro atoms. The van der Waals surface area contributed by atoms with Crippen molar-refractivity contribution in [3.05, 3.63) is 0 Å². The summed E-state index contributed by atoms with van der Waals surface area (Å²) in [6, 6.07) is 0. The van der Waals surface area contributed by atoms with E-state index in [1.807, 2.05) is 0 Å². The number of aromatic nitrogens is 3. The van der Waals surface area contributed by atoms with Crippen LogP contribution in [0.3, 0.4) is 0 Å². The molecule has 0 fully saturated rings. The van der Waals surface area contributed by atoms with Crippen molar-refractivity contribution in [1.82, 2.24) is 20.1 Å². The number of ketones is 1. The first-order valence-corrected chi connectivity index (χ1v) is 5.19. The fourth-order valence-electron chi connectivity index (χ4n) is 0.964. The molecule has 0 unspecified atom stereocenters. The average molecular weight is 256 g/mol. The number of nitrogens with two attached hydrogens (primary N) is 1. The summed E-state index contributed by atoms with van der Waals surface area (Å²) in [4.78, 5) is 26.1. The Hall–Kier alpha value is -2.03. The van der Waals surface area contributed by atoms with Crippen LogP contribution >= 0.6 is 12.2 Å². The molecule has 1 amide bonds. The molecule has 1 rings (SSSR count). The van der Waals surface area contributed by atoms with Gasteiger partial charge in [-0.3, -0.25) is 14.9 Å². The number of nitrogen functional groups attached to an aromatic ring is 1. The molecule has 0 aliphatic heterocycles. The topological polar surface area (TPSA) is 115 Å². The molecule has 0 radical (unpaired) electrons. The van der Waals surface area contributed by atoms with E-state index >= 15 is 0 Å². The highest BCUT2D eigenvalue weighted by Crippen LogP contribution is 2.04. The van der Waals surface area contributed by atoms with Gasteiger partial charge in [0.05, 0.1) is 0 Å². The summed E-state index contributed by atoms with van der Waals surface area (Å²) < 4.78 is 1.14. The molecule has 0 aliphatic carbocycles. The Morgan fingerprint density at radius 2 is 2.18 bits per heavy atom. The van der Waals surface area contributed by atoms with E-state index in [4.69, 9.17) is 18.0 Å². The van der Waals surface area contributed by atoms with Gasteiger partial charge in [0, 0.05) is 13.5 Å². The molecular formula is C8H12N6O2S. The van der Waals surface area contributed by atoms with E-state index in [9.17, 15) is 9.59 Å². The molecule has 0 atom stereocenters. The van der Waals surface area contributed by atoms with Crippen LogP contribution in [-0.4, -0.2) is 38.6 Å². The molecule has 92 valence electrons. The molecule has 0 saturated carbocycles. The Morgan fingerprint density at radius 3 is 2.71 bits per heavy atom. The summed E-state index contributed by atoms with van der Waals surface area (Å²) in [5, 5.41) is 8.95. The van der Waals surface area contributed by atoms with Crippen molar-refractivity contribution in [3.8, 4) is 0 Å². The smallest absolute Gasteiger partial charge is 0.294 e. The van der Waals surface area contributed by atoms with Crippen molar-refractivity contribution in [2.75, 3.05) is 18.1 Å². The zero-order valence-corrected chi connectivity index (χ0v) is 10.2. The van der Waals surface area contributed by atoms with Crippen molar-refractivity contribution >= 4 is 40.9 Å². The van der Waals surface area contributed by atoms with E-state index < -0.39 is 11.7 Å². The number of carbonyl (C=O) groups is 2. The Morgan fingerprint density at radius 1 is 1.53 bits per heavy atom. The summed E-state index contributed by atoms with van der Waals surface area (Å²) in [7, 11) is 1.60. The lowest BCUT2D eigenvalue weighted by molar-refractivity contribution is -0.134. The molecule has 0 bridgehead atoms. The molecule has 4 N–H and O–H groups in total. The lowest BCUT2D eigenvalue weighted by Crippen LogP contribution is -2.27. The average Bonchev–Trinajstić information content (AvgIpc) is 2.67. The number of anilines is 2. The fraction of sp³-hybridized carbons (Fsp3) is 0.375. The molecular weight excluding hydrogens is 244 g/mol. The highest BCUT2D eigenvalue weighted by atomic mass is 32.1. The number of nitrogens with one attached hydrogen (secondary N) is 2. The maximum atomic E-state index is 11.3. The number of rotatable bonds is 3. The van der Waals surface area contributed by atoms with Crippen LogP contribution in [0, 0.1) is 0 Å². The van der Waals surface area contributed by atoms with Gasteiger partial charge < -0.3 is 11.1 Å². The van der Waals surface area contributed by atoms with Crippen LogP contribution in [0.1, 0.15) is 13.3 Å². The van der Waals surface area contributed by atoms with E-state index in [1.165, 1.54) is 0 Å². The van der Waals surface area contributed by atoms with Crippen LogP contribution in [0.25, 0.3) is 0 Å². The van der Waals surface area contributed by atoms with Gasteiger partial charge in [-0.15, -0.1) is 5.10 Å². The first kappa shape index (κ1) is 13.0. The van der Waals surface area contributed by atoms with Gasteiger partial charge in [0.25, 0.3) is 11.9 Å². The van der Waals surface area contributed by atoms with Crippen LogP contribution in [0.2, 0.25) is 0 Å². The van der Waals surface area contributed by atoms with Gasteiger partial charge in [0.15, 0.2) is 5.11 Å². The monoisotopic (exact) mass is 256 g/mol. The molecule has 0 aliphatic rings. The molecule has 0 aromatic carbocycles. The van der Waals surface area contributed by atoms with Crippen LogP contribution < -0.4 is 16.4 Å². The molecule has 17 heavy (non-hydrogen) atoms. The largest absolute Gasteiger partial charge is 0.368 e. The minimum atomic E-state index is -0.778. The molecule has 8 nitrogen and oxygen atoms in total. The maximum Gasteiger partial charge on any atom is 0.294 e. The summed E-state index contributed by atoms with van der Waals surface area (Å²) in [6.07, 6.45) is 0.108. The van der Waals surface area contributed by atoms with Crippen molar-refractivity contribution < 1.29 is 9.59 Å². The molecule has 1 aromatic heterocycles. The predicted octanol–water partition coefficient (Wildman–Crippen LogP) is -0.870. The lowest BCUT2D eigenvalue weighted by atomic mass is 10.3. The minimum Gasteiger partial charge on any atom is -0.368 e. The Bertz CT molecular complexity index is 469. The quantitative estimate of drug-likeness (QED) is 0.475. The van der Waals surface area contributed by atoms with Crippen LogP contribution in [0.15, 0.2) is 0 Å². The zero-order valence-electron chi connectivity index (χ0n) is 9.35. The van der Waals surface area contributed by atoms with Crippen LogP contribution in [0.4, 0.5) is 11.9 Å². The van der Waals surface area contributed by atoms with E-state index in [2.05, 4.69) is 20.7 Å². The third kappa shape index (κ3) is 2.97. The maximum absolute atomic E-state index is 11.3. The number of Topliss-reactive ketones (excluding diaryl/α,β-unsaturated/α-hetero) is 1. The lowest BCUT2D eigenvalue weighted by Gasteiger charge is -2.01. The second-order valence-electron chi connectivity index (χ2n) is 2.99. The number of hydrogen-bond acceptors (Lipinski definition) is 6. The van der Waals surface area contributed by atoms with E-state index in [1.54, 1.807) is 14.0 Å². The number of amides is 1. The molecule has 1 aromatic rings. The summed E-state index contributed by atoms with van der Waals surface area (Å²) in [6.45, 7) is 1.58. The number of carbonyl (C=O) groups excluding carboxylic acids is 2. The van der Waals surface area contributed by atoms with Crippen molar-refractivity contribution in [1.29, 1.82) is 0 Å². The molecule has 0 saturated heterocycles. The summed E-state index contributed by atoms with van der Waals surface area (Å²) in [5.74, 6) is -1.38. The van der Waals surface area contributed by atoms with Crippen LogP contribution in [0.5, 0.6) is 0 Å². The van der Waals surface area contributed by atoms with Crippen LogP contribution in [-0.2, 0) is 9.59 Å². The highest BCUT2D eigenvalue weighted by Gasteiger charge is 2.16. The summed E-state index contributed by atoms with van der Waals surface area (Å²) >= 11 is 4.90. The second kappa shape index (κ2) is 5.34. The van der Waals surface area contributed by atoms with Gasteiger partial charge in [0.2, 0.25) is 11.7 Å². The Labute approximate surface area is 103 Å². The normalized spacial score (nSPS) is 9.76.